The molecule has 1 amide bonds. The van der Waals surface area contributed by atoms with Crippen molar-refractivity contribution in [2.45, 2.75) is 20.0 Å². The van der Waals surface area contributed by atoms with Gasteiger partial charge in [-0.05, 0) is 50.2 Å². The highest BCUT2D eigenvalue weighted by Gasteiger charge is 2.17. The maximum atomic E-state index is 12.5. The molecule has 3 rings (SSSR count). The molecule has 1 aromatic heterocycles. The van der Waals surface area contributed by atoms with E-state index in [4.69, 9.17) is 9.47 Å². The highest BCUT2D eigenvalue weighted by Crippen LogP contribution is 2.34. The molecule has 0 radical (unpaired) electrons. The Kier molecular flexibility index (Phi) is 6.29. The monoisotopic (exact) mass is 435 g/mol. The van der Waals surface area contributed by atoms with E-state index < -0.39 is 13.5 Å². The van der Waals surface area contributed by atoms with Crippen LogP contribution in [-0.4, -0.2) is 31.2 Å². The Balaban J connectivity index is 1.86. The molecule has 3 N–H and O–H groups in total. The van der Waals surface area contributed by atoms with Crippen LogP contribution in [0.1, 0.15) is 24.2 Å². The van der Waals surface area contributed by atoms with E-state index in [1.807, 2.05) is 13.8 Å². The average molecular weight is 435 g/mol. The van der Waals surface area contributed by atoms with Gasteiger partial charge < -0.3 is 19.3 Å². The maximum absolute atomic E-state index is 12.5. The maximum Gasteiger partial charge on any atom is 0.356 e. The molecule has 2 aromatic carbocycles. The van der Waals surface area contributed by atoms with E-state index >= 15 is 0 Å². The van der Waals surface area contributed by atoms with Gasteiger partial charge in [0.1, 0.15) is 23.6 Å². The summed E-state index contributed by atoms with van der Waals surface area (Å²) in [4.78, 5) is 34.8. The number of rotatable bonds is 7. The molecule has 0 aliphatic rings. The van der Waals surface area contributed by atoms with Crippen molar-refractivity contribution in [1.82, 2.24) is 9.36 Å². The Hall–Kier alpha value is -2.78. The fourth-order valence-electron chi connectivity index (χ4n) is 2.34. The third-order valence-corrected chi connectivity index (χ3v) is 5.06. The number of carbonyl (C=O) groups excluding carboxylic acids is 1. The predicted molar refractivity (Wildman–Crippen MR) is 108 cm³/mol. The quantitative estimate of drug-likeness (QED) is 0.483. The number of ether oxygens (including phenoxy) is 2. The number of amides is 1. The summed E-state index contributed by atoms with van der Waals surface area (Å²) in [5, 5.41) is 2.89. The average Bonchev–Trinajstić information content (AvgIpc) is 3.13. The first-order chi connectivity index (χ1) is 13.7. The lowest BCUT2D eigenvalue weighted by Gasteiger charge is -2.14. The van der Waals surface area contributed by atoms with Gasteiger partial charge in [0.15, 0.2) is 0 Å². The van der Waals surface area contributed by atoms with Crippen LogP contribution in [0.25, 0.3) is 0 Å². The molecular formula is C18H18N3O6PS. The smallest absolute Gasteiger partial charge is 0.356 e. The van der Waals surface area contributed by atoms with E-state index in [0.29, 0.717) is 27.9 Å². The van der Waals surface area contributed by atoms with Crippen LogP contribution in [-0.2, 0) is 4.57 Å². The molecular weight excluding hydrogens is 417 g/mol. The lowest BCUT2D eigenvalue weighted by atomic mass is 10.2. The van der Waals surface area contributed by atoms with Crippen LogP contribution in [0.4, 0.5) is 5.13 Å². The van der Waals surface area contributed by atoms with Gasteiger partial charge in [-0.25, -0.2) is 4.98 Å². The summed E-state index contributed by atoms with van der Waals surface area (Å²) < 4.78 is 26.6. The third-order valence-electron chi connectivity index (χ3n) is 3.50. The van der Waals surface area contributed by atoms with Gasteiger partial charge in [0, 0.05) is 23.2 Å². The van der Waals surface area contributed by atoms with E-state index in [1.165, 1.54) is 36.7 Å². The molecule has 11 heteroatoms. The molecule has 0 bridgehead atoms. The van der Waals surface area contributed by atoms with Gasteiger partial charge in [0.2, 0.25) is 5.13 Å². The van der Waals surface area contributed by atoms with Crippen molar-refractivity contribution in [3.8, 4) is 17.2 Å². The first-order valence-electron chi connectivity index (χ1n) is 8.44. The topological polar surface area (TPSA) is 131 Å². The van der Waals surface area contributed by atoms with Crippen molar-refractivity contribution in [2.75, 3.05) is 5.32 Å². The molecule has 0 aliphatic carbocycles. The summed E-state index contributed by atoms with van der Waals surface area (Å²) in [6.07, 6.45) is 1.22. The second kappa shape index (κ2) is 8.71. The summed E-state index contributed by atoms with van der Waals surface area (Å²) in [6.45, 7) is 3.71. The Labute approximate surface area is 170 Å². The van der Waals surface area contributed by atoms with Gasteiger partial charge >= 0.3 is 7.60 Å². The second-order valence-corrected chi connectivity index (χ2v) is 8.58. The molecule has 0 saturated heterocycles. The fourth-order valence-corrected chi connectivity index (χ4v) is 3.31. The van der Waals surface area contributed by atoms with Gasteiger partial charge in [-0.1, -0.05) is 0 Å². The summed E-state index contributed by atoms with van der Waals surface area (Å²) in [5.74, 6) is 0.707. The van der Waals surface area contributed by atoms with Crippen molar-refractivity contribution in [1.29, 1.82) is 0 Å². The summed E-state index contributed by atoms with van der Waals surface area (Å²) in [6, 6.07) is 10.2. The molecule has 0 saturated carbocycles. The van der Waals surface area contributed by atoms with Crippen molar-refractivity contribution in [3.63, 3.8) is 0 Å². The highest BCUT2D eigenvalue weighted by molar-refractivity contribution is 7.60. The van der Waals surface area contributed by atoms with E-state index in [1.54, 1.807) is 12.1 Å². The van der Waals surface area contributed by atoms with Crippen molar-refractivity contribution >= 4 is 35.5 Å². The van der Waals surface area contributed by atoms with Crippen LogP contribution in [0, 0.1) is 0 Å². The zero-order chi connectivity index (χ0) is 21.0. The predicted octanol–water partition coefficient (Wildman–Crippen LogP) is 3.17. The number of anilines is 1. The first kappa shape index (κ1) is 20.9. The van der Waals surface area contributed by atoms with Crippen molar-refractivity contribution in [3.05, 3.63) is 54.4 Å². The van der Waals surface area contributed by atoms with E-state index in [-0.39, 0.29) is 11.4 Å². The minimum absolute atomic E-state index is 0.112. The highest BCUT2D eigenvalue weighted by atomic mass is 32.1. The van der Waals surface area contributed by atoms with Gasteiger partial charge in [-0.2, -0.15) is 4.37 Å². The minimum atomic E-state index is -4.33. The van der Waals surface area contributed by atoms with Gasteiger partial charge in [-0.15, -0.1) is 0 Å². The Bertz CT molecular complexity index is 1030. The van der Waals surface area contributed by atoms with Crippen LogP contribution in [0.15, 0.2) is 48.8 Å². The summed E-state index contributed by atoms with van der Waals surface area (Å²) in [7, 11) is -4.33. The molecule has 0 fully saturated rings. The van der Waals surface area contributed by atoms with Crippen LogP contribution in [0.5, 0.6) is 17.2 Å². The van der Waals surface area contributed by atoms with Crippen LogP contribution in [0.2, 0.25) is 0 Å². The largest absolute Gasteiger partial charge is 0.491 e. The number of nitrogens with zero attached hydrogens (tertiary/aromatic N) is 2. The second-order valence-electron chi connectivity index (χ2n) is 6.20. The molecule has 3 aromatic rings. The molecule has 9 nitrogen and oxygen atoms in total. The molecule has 29 heavy (non-hydrogen) atoms. The Morgan fingerprint density at radius 1 is 1.10 bits per heavy atom. The number of hydrogen-bond donors (Lipinski definition) is 3. The lowest BCUT2D eigenvalue weighted by Crippen LogP contribution is -2.13. The summed E-state index contributed by atoms with van der Waals surface area (Å²) >= 11 is 1.05. The summed E-state index contributed by atoms with van der Waals surface area (Å²) in [5.41, 5.74) is 0.292. The number of aromatic nitrogens is 2. The van der Waals surface area contributed by atoms with Crippen molar-refractivity contribution in [2.24, 2.45) is 0 Å². The molecule has 152 valence electrons. The van der Waals surface area contributed by atoms with Crippen LogP contribution < -0.4 is 20.1 Å². The zero-order valence-corrected chi connectivity index (χ0v) is 17.2. The van der Waals surface area contributed by atoms with E-state index in [2.05, 4.69) is 14.7 Å². The van der Waals surface area contributed by atoms with E-state index in [9.17, 15) is 19.1 Å². The zero-order valence-electron chi connectivity index (χ0n) is 15.5. The minimum Gasteiger partial charge on any atom is -0.491 e. The number of nitrogens with one attached hydrogen (secondary N) is 1. The molecule has 1 heterocycles. The normalized spacial score (nSPS) is 11.3. The Morgan fingerprint density at radius 3 is 2.38 bits per heavy atom. The fraction of sp³-hybridized carbons (Fsp3) is 0.167. The Morgan fingerprint density at radius 2 is 1.79 bits per heavy atom. The van der Waals surface area contributed by atoms with Crippen LogP contribution in [0.3, 0.4) is 0 Å². The number of benzene rings is 2. The van der Waals surface area contributed by atoms with Crippen LogP contribution >= 0.6 is 19.1 Å². The SMILES string of the molecule is CC(C)Oc1cc(Oc2ccc(P(=O)(O)O)cc2)cc(C(=O)Nc2ncns2)c1. The van der Waals surface area contributed by atoms with Gasteiger partial charge in [0.25, 0.3) is 5.91 Å². The number of hydrogen-bond acceptors (Lipinski definition) is 7. The molecule has 0 unspecified atom stereocenters. The number of carbonyl (C=O) groups is 1. The van der Waals surface area contributed by atoms with E-state index in [0.717, 1.165) is 11.5 Å². The third kappa shape index (κ3) is 5.85. The lowest BCUT2D eigenvalue weighted by molar-refractivity contribution is 0.102. The molecule has 0 atom stereocenters. The first-order valence-corrected chi connectivity index (χ1v) is 10.8. The van der Waals surface area contributed by atoms with Crippen molar-refractivity contribution < 1.29 is 28.6 Å². The van der Waals surface area contributed by atoms with Gasteiger partial charge in [0.05, 0.1) is 11.4 Å². The molecule has 0 aliphatic heterocycles. The standard InChI is InChI=1S/C18H18N3O6PS/c1-11(2)26-14-7-12(17(22)21-18-19-10-20-29-18)8-15(9-14)27-13-3-5-16(6-4-13)28(23,24)25/h3-11H,1-2H3,(H2,23,24,25)(H,19,20,21,22). The van der Waals surface area contributed by atoms with Gasteiger partial charge in [-0.3, -0.25) is 14.7 Å². The molecule has 0 spiro atoms.